The van der Waals surface area contributed by atoms with Gasteiger partial charge in [0, 0.05) is 34.5 Å². The van der Waals surface area contributed by atoms with E-state index in [2.05, 4.69) is 120 Å². The number of hydrogen-bond acceptors (Lipinski definition) is 1. The highest BCUT2D eigenvalue weighted by atomic mass is 15.1. The van der Waals surface area contributed by atoms with E-state index in [1.165, 1.54) is 44.4 Å². The second-order valence-corrected chi connectivity index (χ2v) is 11.4. The number of rotatable bonds is 1. The lowest BCUT2D eigenvalue weighted by atomic mass is 9.54. The van der Waals surface area contributed by atoms with Crippen LogP contribution in [0.15, 0.2) is 96.1 Å². The van der Waals surface area contributed by atoms with Gasteiger partial charge in [-0.1, -0.05) is 97.7 Å². The fourth-order valence-electron chi connectivity index (χ4n) is 7.43. The Labute approximate surface area is 224 Å². The van der Waals surface area contributed by atoms with Crippen LogP contribution in [0, 0.1) is 23.2 Å². The van der Waals surface area contributed by atoms with Crippen molar-refractivity contribution in [3.05, 3.63) is 113 Å². The van der Waals surface area contributed by atoms with Crippen LogP contribution in [0.2, 0.25) is 0 Å². The van der Waals surface area contributed by atoms with Gasteiger partial charge < -0.3 is 0 Å². The van der Waals surface area contributed by atoms with Crippen LogP contribution in [0.5, 0.6) is 0 Å². The molecule has 2 heterocycles. The number of hydrogen-bond donors (Lipinski definition) is 0. The van der Waals surface area contributed by atoms with Crippen molar-refractivity contribution in [2.45, 2.75) is 38.0 Å². The summed E-state index contributed by atoms with van der Waals surface area (Å²) in [5.41, 5.74) is 9.38. The molecule has 0 saturated carbocycles. The summed E-state index contributed by atoms with van der Waals surface area (Å²) in [4.78, 5) is 4.92. The standard InChI is InChI=1S/C36H30N2/c1-36-20-8-6-13-32(36)27-18-16-24(22-30(27)26-10-2-4-12-31(26)36)25-17-19-29-28-11-3-5-14-33(28)38(34(29)23-25)35-15-7-9-21-37-35/h2-4,7-8,10-12,15-20,22-23,26,31-32H,5,9,14,21H2,1H3. The molecule has 184 valence electrons. The largest absolute Gasteiger partial charge is 0.298 e. The van der Waals surface area contributed by atoms with Crippen molar-refractivity contribution in [3.8, 4) is 23.0 Å². The molecule has 3 aromatic rings. The molecule has 5 aliphatic rings. The molecule has 0 fully saturated rings. The molecule has 0 saturated heterocycles. The highest BCUT2D eigenvalue weighted by Crippen LogP contribution is 2.57. The summed E-state index contributed by atoms with van der Waals surface area (Å²) in [7, 11) is 0. The van der Waals surface area contributed by atoms with E-state index < -0.39 is 0 Å². The second-order valence-electron chi connectivity index (χ2n) is 11.4. The van der Waals surface area contributed by atoms with Crippen LogP contribution in [-0.2, 0) is 6.42 Å². The third-order valence-corrected chi connectivity index (χ3v) is 9.33. The van der Waals surface area contributed by atoms with Gasteiger partial charge in [0.1, 0.15) is 5.84 Å². The van der Waals surface area contributed by atoms with Gasteiger partial charge in [-0.3, -0.25) is 9.56 Å². The first kappa shape index (κ1) is 21.9. The summed E-state index contributed by atoms with van der Waals surface area (Å²) in [6.45, 7) is 3.25. The maximum absolute atomic E-state index is 4.92. The number of benzene rings is 2. The maximum atomic E-state index is 4.92. The van der Waals surface area contributed by atoms with Crippen LogP contribution in [0.1, 0.15) is 54.0 Å². The number of dihydropyridines is 1. The minimum absolute atomic E-state index is 0.0201. The molecule has 0 spiro atoms. The summed E-state index contributed by atoms with van der Waals surface area (Å²) >= 11 is 0. The highest BCUT2D eigenvalue weighted by molar-refractivity contribution is 6.06. The summed E-state index contributed by atoms with van der Waals surface area (Å²) in [6, 6.07) is 14.1. The van der Waals surface area contributed by atoms with Crippen LogP contribution in [0.25, 0.3) is 28.1 Å². The third kappa shape index (κ3) is 3.05. The second kappa shape index (κ2) is 8.20. The fraction of sp³-hybridized carbons (Fsp3) is 0.250. The summed E-state index contributed by atoms with van der Waals surface area (Å²) in [5, 5.41) is 1.32. The van der Waals surface area contributed by atoms with Crippen molar-refractivity contribution in [1.29, 1.82) is 0 Å². The molecule has 1 aliphatic heterocycles. The van der Waals surface area contributed by atoms with Crippen LogP contribution >= 0.6 is 0 Å². The Morgan fingerprint density at radius 2 is 1.82 bits per heavy atom. The van der Waals surface area contributed by atoms with Gasteiger partial charge in [0.05, 0.1) is 11.4 Å². The van der Waals surface area contributed by atoms with Crippen molar-refractivity contribution < 1.29 is 0 Å². The SMILES string of the molecule is CC12C=CC#CC1c1ccc(-c3ccc4c5c(n(C6=NCCC=C6)c4c3)CCC=C5)cc1C1C=CC=CC12. The first-order valence-corrected chi connectivity index (χ1v) is 14.0. The van der Waals surface area contributed by atoms with Crippen molar-refractivity contribution in [2.75, 3.05) is 6.54 Å². The smallest absolute Gasteiger partial charge is 0.132 e. The van der Waals surface area contributed by atoms with Gasteiger partial charge in [0.2, 0.25) is 0 Å². The molecule has 0 amide bonds. The van der Waals surface area contributed by atoms with Crippen molar-refractivity contribution in [1.82, 2.24) is 4.57 Å². The minimum atomic E-state index is 0.0201. The molecule has 4 aliphatic carbocycles. The Bertz CT molecular complexity index is 1760. The van der Waals surface area contributed by atoms with Crippen molar-refractivity contribution in [3.63, 3.8) is 0 Å². The van der Waals surface area contributed by atoms with E-state index in [1.54, 1.807) is 0 Å². The van der Waals surface area contributed by atoms with Crippen LogP contribution in [0.3, 0.4) is 0 Å². The Morgan fingerprint density at radius 1 is 0.947 bits per heavy atom. The molecule has 0 bridgehead atoms. The predicted molar refractivity (Wildman–Crippen MR) is 158 cm³/mol. The summed E-state index contributed by atoms with van der Waals surface area (Å²) in [6.07, 6.45) is 25.9. The minimum Gasteiger partial charge on any atom is -0.298 e. The van der Waals surface area contributed by atoms with E-state index in [4.69, 9.17) is 4.99 Å². The Kier molecular flexibility index (Phi) is 4.74. The van der Waals surface area contributed by atoms with E-state index in [9.17, 15) is 0 Å². The van der Waals surface area contributed by atoms with Gasteiger partial charge in [-0.2, -0.15) is 0 Å². The Balaban J connectivity index is 1.30. The molecule has 38 heavy (non-hydrogen) atoms. The first-order chi connectivity index (χ1) is 18.7. The van der Waals surface area contributed by atoms with Crippen LogP contribution in [0.4, 0.5) is 0 Å². The Hall–Kier alpha value is -4.09. The molecule has 1 aromatic heterocycles. The predicted octanol–water partition coefficient (Wildman–Crippen LogP) is 7.98. The van der Waals surface area contributed by atoms with Crippen LogP contribution in [-0.4, -0.2) is 16.9 Å². The van der Waals surface area contributed by atoms with Gasteiger partial charge in [-0.25, -0.2) is 0 Å². The van der Waals surface area contributed by atoms with Crippen molar-refractivity contribution in [2.24, 2.45) is 16.3 Å². The lowest BCUT2D eigenvalue weighted by Gasteiger charge is -2.48. The van der Waals surface area contributed by atoms with E-state index in [1.807, 2.05) is 0 Å². The lowest BCUT2D eigenvalue weighted by molar-refractivity contribution is 0.238. The zero-order valence-electron chi connectivity index (χ0n) is 21.7. The quantitative estimate of drug-likeness (QED) is 0.308. The Morgan fingerprint density at radius 3 is 2.74 bits per heavy atom. The van der Waals surface area contributed by atoms with E-state index in [-0.39, 0.29) is 11.3 Å². The lowest BCUT2D eigenvalue weighted by Crippen LogP contribution is -2.40. The topological polar surface area (TPSA) is 17.3 Å². The van der Waals surface area contributed by atoms with Gasteiger partial charge >= 0.3 is 0 Å². The number of aromatic nitrogens is 1. The number of allylic oxidation sites excluding steroid dienone is 8. The van der Waals surface area contributed by atoms with Gasteiger partial charge in [-0.15, -0.1) is 0 Å². The maximum Gasteiger partial charge on any atom is 0.132 e. The normalized spacial score (nSPS) is 27.7. The molecule has 8 rings (SSSR count). The van der Waals surface area contributed by atoms with Crippen LogP contribution < -0.4 is 0 Å². The van der Waals surface area contributed by atoms with Gasteiger partial charge in [0.25, 0.3) is 0 Å². The van der Waals surface area contributed by atoms with Gasteiger partial charge in [0.15, 0.2) is 0 Å². The molecule has 0 radical (unpaired) electrons. The average Bonchev–Trinajstić information content (AvgIpc) is 3.31. The molecule has 2 aromatic carbocycles. The summed E-state index contributed by atoms with van der Waals surface area (Å²) < 4.78 is 2.42. The average molecular weight is 491 g/mol. The van der Waals surface area contributed by atoms with E-state index >= 15 is 0 Å². The fourth-order valence-corrected chi connectivity index (χ4v) is 7.43. The summed E-state index contributed by atoms with van der Waals surface area (Å²) in [5.74, 6) is 8.94. The molecular weight excluding hydrogens is 460 g/mol. The first-order valence-electron chi connectivity index (χ1n) is 14.0. The molecule has 0 N–H and O–H groups in total. The molecule has 2 nitrogen and oxygen atoms in total. The van der Waals surface area contributed by atoms with E-state index in [0.717, 1.165) is 31.6 Å². The number of fused-ring (bicyclic) bond motifs is 9. The number of aliphatic imine (C=N–C) groups is 1. The van der Waals surface area contributed by atoms with Crippen molar-refractivity contribution >= 4 is 22.8 Å². The molecule has 2 heteroatoms. The zero-order valence-corrected chi connectivity index (χ0v) is 21.7. The third-order valence-electron chi connectivity index (χ3n) is 9.33. The molecule has 4 unspecified atom stereocenters. The molecular formula is C36H30N2. The number of nitrogens with zero attached hydrogens (tertiary/aromatic N) is 2. The van der Waals surface area contributed by atoms with E-state index in [0.29, 0.717) is 11.8 Å². The highest BCUT2D eigenvalue weighted by Gasteiger charge is 2.48. The monoisotopic (exact) mass is 490 g/mol. The molecule has 4 atom stereocenters. The van der Waals surface area contributed by atoms with Gasteiger partial charge in [-0.05, 0) is 65.7 Å². The zero-order chi connectivity index (χ0) is 25.3.